The Bertz CT molecular complexity index is 393. The van der Waals surface area contributed by atoms with Gasteiger partial charge in [-0.25, -0.2) is 4.79 Å². The van der Waals surface area contributed by atoms with Crippen molar-refractivity contribution in [1.82, 2.24) is 5.32 Å². The molecular weight excluding hydrogens is 266 g/mol. The lowest BCUT2D eigenvalue weighted by Gasteiger charge is -2.30. The van der Waals surface area contributed by atoms with Crippen LogP contribution in [0.2, 0.25) is 0 Å². The van der Waals surface area contributed by atoms with Crippen LogP contribution in [0.15, 0.2) is 0 Å². The summed E-state index contributed by atoms with van der Waals surface area (Å²) in [6.45, 7) is 13.6. The monoisotopic (exact) mass is 297 g/mol. The van der Waals surface area contributed by atoms with Gasteiger partial charge in [0.25, 0.3) is 0 Å². The van der Waals surface area contributed by atoms with Gasteiger partial charge in [-0.3, -0.25) is 4.79 Å². The van der Waals surface area contributed by atoms with Crippen molar-refractivity contribution in [2.75, 3.05) is 0 Å². The number of esters is 1. The van der Waals surface area contributed by atoms with Crippen molar-refractivity contribution in [3.63, 3.8) is 0 Å². The van der Waals surface area contributed by atoms with Gasteiger partial charge in [0.05, 0.1) is 0 Å². The Hall–Kier alpha value is -1.06. The highest BCUT2D eigenvalue weighted by atomic mass is 16.6. The van der Waals surface area contributed by atoms with Gasteiger partial charge < -0.3 is 10.1 Å². The van der Waals surface area contributed by atoms with E-state index in [1.54, 1.807) is 0 Å². The minimum Gasteiger partial charge on any atom is -0.458 e. The van der Waals surface area contributed by atoms with Crippen LogP contribution in [0.1, 0.15) is 67.7 Å². The van der Waals surface area contributed by atoms with Crippen LogP contribution in [0.3, 0.4) is 0 Å². The molecule has 0 aromatic carbocycles. The van der Waals surface area contributed by atoms with Crippen LogP contribution in [-0.4, -0.2) is 23.5 Å². The van der Waals surface area contributed by atoms with Crippen molar-refractivity contribution in [2.24, 2.45) is 17.3 Å². The molecule has 1 rings (SSSR count). The largest absolute Gasteiger partial charge is 0.458 e. The number of ether oxygens (including phenoxy) is 1. The molecule has 1 N–H and O–H groups in total. The standard InChI is InChI=1S/C17H31NO3/c1-11(2)13(15(20)21-16(3,4)5)18-14(19)12-9-8-10-17(12,6)7/h11-13H,8-10H2,1-7H3,(H,18,19)/t12?,13-/m0/s1. The third-order valence-corrected chi connectivity index (χ3v) is 4.20. The van der Waals surface area contributed by atoms with E-state index in [0.29, 0.717) is 0 Å². The summed E-state index contributed by atoms with van der Waals surface area (Å²) < 4.78 is 5.42. The number of hydrogen-bond acceptors (Lipinski definition) is 3. The number of carbonyl (C=O) groups is 2. The van der Waals surface area contributed by atoms with E-state index >= 15 is 0 Å². The molecule has 1 saturated carbocycles. The Kier molecular flexibility index (Phi) is 5.46. The van der Waals surface area contributed by atoms with Gasteiger partial charge in [-0.2, -0.15) is 0 Å². The Morgan fingerprint density at radius 1 is 1.24 bits per heavy atom. The van der Waals surface area contributed by atoms with Gasteiger partial charge in [-0.05, 0) is 44.9 Å². The maximum Gasteiger partial charge on any atom is 0.329 e. The molecule has 122 valence electrons. The molecule has 0 radical (unpaired) electrons. The third-order valence-electron chi connectivity index (χ3n) is 4.20. The second-order valence-electron chi connectivity index (χ2n) is 8.20. The minimum atomic E-state index is -0.576. The van der Waals surface area contributed by atoms with Gasteiger partial charge in [0, 0.05) is 5.92 Å². The number of hydrogen-bond donors (Lipinski definition) is 1. The Labute approximate surface area is 129 Å². The fourth-order valence-corrected chi connectivity index (χ4v) is 2.93. The highest BCUT2D eigenvalue weighted by molar-refractivity contribution is 5.86. The summed E-state index contributed by atoms with van der Waals surface area (Å²) in [4.78, 5) is 24.8. The van der Waals surface area contributed by atoms with E-state index in [1.165, 1.54) is 0 Å². The molecule has 0 aromatic heterocycles. The van der Waals surface area contributed by atoms with Gasteiger partial charge in [0.15, 0.2) is 0 Å². The number of rotatable bonds is 4. The Morgan fingerprint density at radius 2 is 1.81 bits per heavy atom. The van der Waals surface area contributed by atoms with Crippen LogP contribution in [0.4, 0.5) is 0 Å². The van der Waals surface area contributed by atoms with Crippen molar-refractivity contribution >= 4 is 11.9 Å². The second-order valence-corrected chi connectivity index (χ2v) is 8.20. The average molecular weight is 297 g/mol. The normalized spacial score (nSPS) is 23.0. The summed E-state index contributed by atoms with van der Waals surface area (Å²) in [7, 11) is 0. The van der Waals surface area contributed by atoms with Crippen LogP contribution in [-0.2, 0) is 14.3 Å². The predicted molar refractivity (Wildman–Crippen MR) is 83.7 cm³/mol. The fourth-order valence-electron chi connectivity index (χ4n) is 2.93. The molecule has 0 aromatic rings. The molecule has 1 amide bonds. The fraction of sp³-hybridized carbons (Fsp3) is 0.882. The molecule has 1 unspecified atom stereocenters. The van der Waals surface area contributed by atoms with Gasteiger partial charge in [0.2, 0.25) is 5.91 Å². The third kappa shape index (κ3) is 5.01. The zero-order valence-electron chi connectivity index (χ0n) is 14.6. The molecule has 2 atom stereocenters. The zero-order chi connectivity index (χ0) is 16.4. The zero-order valence-corrected chi connectivity index (χ0v) is 14.6. The number of nitrogens with one attached hydrogen (secondary N) is 1. The summed E-state index contributed by atoms with van der Waals surface area (Å²) in [5.41, 5.74) is -0.527. The molecule has 0 spiro atoms. The molecule has 0 heterocycles. The molecule has 4 nitrogen and oxygen atoms in total. The number of amides is 1. The molecule has 0 bridgehead atoms. The first kappa shape index (κ1) is 18.0. The SMILES string of the molecule is CC(C)[C@H](NC(=O)C1CCCC1(C)C)C(=O)OC(C)(C)C. The summed E-state index contributed by atoms with van der Waals surface area (Å²) in [6.07, 6.45) is 3.03. The van der Waals surface area contributed by atoms with Crippen molar-refractivity contribution < 1.29 is 14.3 Å². The van der Waals surface area contributed by atoms with Crippen LogP contribution >= 0.6 is 0 Å². The molecule has 21 heavy (non-hydrogen) atoms. The summed E-state index contributed by atoms with van der Waals surface area (Å²) in [6, 6.07) is -0.576. The van der Waals surface area contributed by atoms with Crippen molar-refractivity contribution in [1.29, 1.82) is 0 Å². The van der Waals surface area contributed by atoms with Gasteiger partial charge in [0.1, 0.15) is 11.6 Å². The van der Waals surface area contributed by atoms with Crippen LogP contribution < -0.4 is 5.32 Å². The quantitative estimate of drug-likeness (QED) is 0.810. The summed E-state index contributed by atoms with van der Waals surface area (Å²) in [5, 5.41) is 2.92. The highest BCUT2D eigenvalue weighted by Gasteiger charge is 2.41. The second kappa shape index (κ2) is 6.37. The molecule has 1 aliphatic carbocycles. The highest BCUT2D eigenvalue weighted by Crippen LogP contribution is 2.42. The Balaban J connectivity index is 2.75. The van der Waals surface area contributed by atoms with E-state index < -0.39 is 11.6 Å². The van der Waals surface area contributed by atoms with Crippen molar-refractivity contribution in [3.8, 4) is 0 Å². The maximum absolute atomic E-state index is 12.5. The first-order chi connectivity index (χ1) is 9.44. The summed E-state index contributed by atoms with van der Waals surface area (Å²) >= 11 is 0. The van der Waals surface area contributed by atoms with Gasteiger partial charge in [-0.15, -0.1) is 0 Å². The molecule has 0 saturated heterocycles. The van der Waals surface area contributed by atoms with E-state index in [0.717, 1.165) is 19.3 Å². The number of carbonyl (C=O) groups excluding carboxylic acids is 2. The molecular formula is C17H31NO3. The van der Waals surface area contributed by atoms with E-state index in [4.69, 9.17) is 4.74 Å². The van der Waals surface area contributed by atoms with Crippen LogP contribution in [0.25, 0.3) is 0 Å². The minimum absolute atomic E-state index is 0.00770. The lowest BCUT2D eigenvalue weighted by atomic mass is 9.81. The van der Waals surface area contributed by atoms with E-state index in [1.807, 2.05) is 34.6 Å². The van der Waals surface area contributed by atoms with Gasteiger partial charge >= 0.3 is 5.97 Å². The smallest absolute Gasteiger partial charge is 0.329 e. The van der Waals surface area contributed by atoms with Crippen molar-refractivity contribution in [2.45, 2.75) is 79.4 Å². The maximum atomic E-state index is 12.5. The Morgan fingerprint density at radius 3 is 2.19 bits per heavy atom. The lowest BCUT2D eigenvalue weighted by molar-refractivity contribution is -0.160. The van der Waals surface area contributed by atoms with E-state index in [9.17, 15) is 9.59 Å². The molecule has 0 aliphatic heterocycles. The van der Waals surface area contributed by atoms with E-state index in [-0.39, 0.29) is 29.1 Å². The predicted octanol–water partition coefficient (Wildman–Crippen LogP) is 3.30. The van der Waals surface area contributed by atoms with Crippen LogP contribution in [0.5, 0.6) is 0 Å². The summed E-state index contributed by atoms with van der Waals surface area (Å²) in [5.74, 6) is -0.363. The van der Waals surface area contributed by atoms with E-state index in [2.05, 4.69) is 19.2 Å². The molecule has 1 fully saturated rings. The molecule has 4 heteroatoms. The van der Waals surface area contributed by atoms with Crippen molar-refractivity contribution in [3.05, 3.63) is 0 Å². The molecule has 1 aliphatic rings. The average Bonchev–Trinajstić information content (AvgIpc) is 2.62. The lowest BCUT2D eigenvalue weighted by Crippen LogP contribution is -2.50. The van der Waals surface area contributed by atoms with Crippen LogP contribution in [0, 0.1) is 17.3 Å². The first-order valence-corrected chi connectivity index (χ1v) is 7.97. The first-order valence-electron chi connectivity index (χ1n) is 7.97. The van der Waals surface area contributed by atoms with Gasteiger partial charge in [-0.1, -0.05) is 34.1 Å². The topological polar surface area (TPSA) is 55.4 Å².